The molecule has 0 saturated heterocycles. The normalized spacial score (nSPS) is 10.6. The van der Waals surface area contributed by atoms with Gasteiger partial charge in [-0.15, -0.1) is 0 Å². The van der Waals surface area contributed by atoms with E-state index in [2.05, 4.69) is 11.8 Å². The zero-order valence-corrected chi connectivity index (χ0v) is 8.69. The van der Waals surface area contributed by atoms with Gasteiger partial charge in [-0.25, -0.2) is 4.39 Å². The van der Waals surface area contributed by atoms with Crippen LogP contribution in [0.3, 0.4) is 0 Å². The smallest absolute Gasteiger partial charge is 0.141 e. The van der Waals surface area contributed by atoms with Crippen LogP contribution in [0, 0.1) is 17.7 Å². The molecule has 0 fully saturated rings. The van der Waals surface area contributed by atoms with Gasteiger partial charge >= 0.3 is 0 Å². The molecule has 14 heavy (non-hydrogen) atoms. The Hall–Kier alpha value is -1.04. The minimum absolute atomic E-state index is 0.0348. The molecular formula is C11H10ClFO. The van der Waals surface area contributed by atoms with E-state index in [1.807, 2.05) is 0 Å². The average Bonchev–Trinajstić information content (AvgIpc) is 2.06. The SMILES string of the molecule is CC(C)(O)C#Cc1ccc(F)c(Cl)c1. The van der Waals surface area contributed by atoms with E-state index in [1.165, 1.54) is 18.2 Å². The Kier molecular flexibility index (Phi) is 3.15. The summed E-state index contributed by atoms with van der Waals surface area (Å²) >= 11 is 5.56. The van der Waals surface area contributed by atoms with E-state index >= 15 is 0 Å². The van der Waals surface area contributed by atoms with Crippen LogP contribution >= 0.6 is 11.6 Å². The summed E-state index contributed by atoms with van der Waals surface area (Å²) in [5.41, 5.74) is -0.473. The molecule has 1 N–H and O–H groups in total. The van der Waals surface area contributed by atoms with Crippen molar-refractivity contribution >= 4 is 11.6 Å². The maximum Gasteiger partial charge on any atom is 0.141 e. The molecule has 0 heterocycles. The summed E-state index contributed by atoms with van der Waals surface area (Å²) < 4.78 is 12.7. The summed E-state index contributed by atoms with van der Waals surface area (Å²) in [6, 6.07) is 4.19. The zero-order chi connectivity index (χ0) is 10.8. The molecule has 1 rings (SSSR count). The summed E-state index contributed by atoms with van der Waals surface area (Å²) in [6.45, 7) is 3.15. The molecule has 0 radical (unpaired) electrons. The van der Waals surface area contributed by atoms with Gasteiger partial charge in [0.05, 0.1) is 5.02 Å². The number of benzene rings is 1. The van der Waals surface area contributed by atoms with Crippen LogP contribution in [0.5, 0.6) is 0 Å². The minimum atomic E-state index is -1.05. The predicted octanol–water partition coefficient (Wildman–Crippen LogP) is 2.60. The van der Waals surface area contributed by atoms with Crippen molar-refractivity contribution in [3.05, 3.63) is 34.6 Å². The molecular weight excluding hydrogens is 203 g/mol. The molecule has 0 amide bonds. The van der Waals surface area contributed by atoms with Crippen LogP contribution in [0.2, 0.25) is 5.02 Å². The molecule has 0 aliphatic heterocycles. The quantitative estimate of drug-likeness (QED) is 0.656. The van der Waals surface area contributed by atoms with Gasteiger partial charge in [-0.2, -0.15) is 0 Å². The molecule has 0 saturated carbocycles. The molecule has 1 aromatic carbocycles. The third kappa shape index (κ3) is 3.37. The maximum absolute atomic E-state index is 12.7. The molecule has 0 aliphatic rings. The van der Waals surface area contributed by atoms with Crippen molar-refractivity contribution in [3.63, 3.8) is 0 Å². The highest BCUT2D eigenvalue weighted by atomic mass is 35.5. The Morgan fingerprint density at radius 2 is 2.07 bits per heavy atom. The predicted molar refractivity (Wildman–Crippen MR) is 54.6 cm³/mol. The van der Waals surface area contributed by atoms with Crippen LogP contribution in [-0.4, -0.2) is 10.7 Å². The third-order valence-electron chi connectivity index (χ3n) is 1.43. The Morgan fingerprint density at radius 3 is 2.57 bits per heavy atom. The monoisotopic (exact) mass is 212 g/mol. The van der Waals surface area contributed by atoms with Gasteiger partial charge in [0.2, 0.25) is 0 Å². The highest BCUT2D eigenvalue weighted by Gasteiger charge is 2.06. The standard InChI is InChI=1S/C11H10ClFO/c1-11(2,14)6-5-8-3-4-10(13)9(12)7-8/h3-4,7,14H,1-2H3. The van der Waals surface area contributed by atoms with Crippen LogP contribution in [0.4, 0.5) is 4.39 Å². The first-order valence-electron chi connectivity index (χ1n) is 4.09. The maximum atomic E-state index is 12.7. The molecule has 0 bridgehead atoms. The molecule has 0 atom stereocenters. The van der Waals surface area contributed by atoms with E-state index in [0.717, 1.165) is 0 Å². The van der Waals surface area contributed by atoms with Gasteiger partial charge in [0.25, 0.3) is 0 Å². The summed E-state index contributed by atoms with van der Waals surface area (Å²) in [7, 11) is 0. The van der Waals surface area contributed by atoms with Gasteiger partial charge in [0, 0.05) is 5.56 Å². The Bertz CT molecular complexity index is 396. The topological polar surface area (TPSA) is 20.2 Å². The van der Waals surface area contributed by atoms with Crippen molar-refractivity contribution in [2.45, 2.75) is 19.4 Å². The van der Waals surface area contributed by atoms with Crippen molar-refractivity contribution in [1.29, 1.82) is 0 Å². The van der Waals surface area contributed by atoms with Gasteiger partial charge in [0.15, 0.2) is 0 Å². The van der Waals surface area contributed by atoms with Gasteiger partial charge in [-0.05, 0) is 32.0 Å². The number of hydrogen-bond acceptors (Lipinski definition) is 1. The van der Waals surface area contributed by atoms with E-state index < -0.39 is 11.4 Å². The summed E-state index contributed by atoms with van der Waals surface area (Å²) in [6.07, 6.45) is 0. The number of aliphatic hydroxyl groups is 1. The molecule has 74 valence electrons. The lowest BCUT2D eigenvalue weighted by Crippen LogP contribution is -2.14. The van der Waals surface area contributed by atoms with Crippen molar-refractivity contribution in [3.8, 4) is 11.8 Å². The molecule has 0 aliphatic carbocycles. The lowest BCUT2D eigenvalue weighted by molar-refractivity contribution is 0.143. The fraction of sp³-hybridized carbons (Fsp3) is 0.273. The minimum Gasteiger partial charge on any atom is -0.378 e. The molecule has 3 heteroatoms. The van der Waals surface area contributed by atoms with Gasteiger partial charge in [-0.3, -0.25) is 0 Å². The molecule has 0 spiro atoms. The van der Waals surface area contributed by atoms with Crippen molar-refractivity contribution in [1.82, 2.24) is 0 Å². The van der Waals surface area contributed by atoms with Crippen LogP contribution in [0.15, 0.2) is 18.2 Å². The second-order valence-electron chi connectivity index (χ2n) is 3.44. The van der Waals surface area contributed by atoms with Gasteiger partial charge < -0.3 is 5.11 Å². The van der Waals surface area contributed by atoms with E-state index in [4.69, 9.17) is 11.6 Å². The highest BCUT2D eigenvalue weighted by molar-refractivity contribution is 6.30. The second kappa shape index (κ2) is 4.00. The van der Waals surface area contributed by atoms with Crippen LogP contribution in [0.25, 0.3) is 0 Å². The largest absolute Gasteiger partial charge is 0.378 e. The Labute approximate surface area is 87.5 Å². The van der Waals surface area contributed by atoms with Gasteiger partial charge in [0.1, 0.15) is 11.4 Å². The van der Waals surface area contributed by atoms with Crippen molar-refractivity contribution in [2.24, 2.45) is 0 Å². The molecule has 1 aromatic rings. The summed E-state index contributed by atoms with van der Waals surface area (Å²) in [5.74, 6) is 4.84. The number of halogens is 2. The zero-order valence-electron chi connectivity index (χ0n) is 7.94. The molecule has 0 unspecified atom stereocenters. The number of rotatable bonds is 0. The van der Waals surface area contributed by atoms with Crippen LogP contribution < -0.4 is 0 Å². The van der Waals surface area contributed by atoms with E-state index in [9.17, 15) is 9.50 Å². The fourth-order valence-corrected chi connectivity index (χ4v) is 0.980. The Morgan fingerprint density at radius 1 is 1.43 bits per heavy atom. The fourth-order valence-electron chi connectivity index (χ4n) is 0.799. The van der Waals surface area contributed by atoms with Crippen LogP contribution in [0.1, 0.15) is 19.4 Å². The second-order valence-corrected chi connectivity index (χ2v) is 3.85. The van der Waals surface area contributed by atoms with E-state index in [0.29, 0.717) is 5.56 Å². The summed E-state index contributed by atoms with van der Waals surface area (Å²) in [4.78, 5) is 0. The first-order chi connectivity index (χ1) is 6.38. The third-order valence-corrected chi connectivity index (χ3v) is 1.72. The lowest BCUT2D eigenvalue weighted by Gasteiger charge is -2.05. The summed E-state index contributed by atoms with van der Waals surface area (Å²) in [5, 5.41) is 9.36. The Balaban J connectivity index is 2.98. The number of hydrogen-bond donors (Lipinski definition) is 1. The first kappa shape index (κ1) is 11.0. The molecule has 0 aromatic heterocycles. The van der Waals surface area contributed by atoms with Gasteiger partial charge in [-0.1, -0.05) is 23.4 Å². The van der Waals surface area contributed by atoms with E-state index in [1.54, 1.807) is 13.8 Å². The van der Waals surface area contributed by atoms with Crippen molar-refractivity contribution in [2.75, 3.05) is 0 Å². The molecule has 1 nitrogen and oxygen atoms in total. The van der Waals surface area contributed by atoms with Crippen LogP contribution in [-0.2, 0) is 0 Å². The average molecular weight is 213 g/mol. The van der Waals surface area contributed by atoms with E-state index in [-0.39, 0.29) is 5.02 Å². The van der Waals surface area contributed by atoms with Crippen molar-refractivity contribution < 1.29 is 9.50 Å². The highest BCUT2D eigenvalue weighted by Crippen LogP contribution is 2.15. The lowest BCUT2D eigenvalue weighted by atomic mass is 10.1. The first-order valence-corrected chi connectivity index (χ1v) is 4.47.